The van der Waals surface area contributed by atoms with Crippen LogP contribution in [0.5, 0.6) is 5.75 Å². The number of allylic oxidation sites excluding steroid dienone is 2. The van der Waals surface area contributed by atoms with E-state index in [1.807, 2.05) is 0 Å². The minimum atomic E-state index is -4.57. The fraction of sp³-hybridized carbons (Fsp3) is 0.125. The number of aromatic nitrogens is 2. The minimum absolute atomic E-state index is 0.0322. The second-order valence-corrected chi connectivity index (χ2v) is 7.04. The average molecular weight is 413 g/mol. The van der Waals surface area contributed by atoms with E-state index >= 15 is 0 Å². The van der Waals surface area contributed by atoms with Gasteiger partial charge in [-0.3, -0.25) is 4.72 Å². The molecule has 8 nitrogen and oxygen atoms in total. The van der Waals surface area contributed by atoms with Crippen molar-refractivity contribution in [3.8, 4) is 5.75 Å². The van der Waals surface area contributed by atoms with Gasteiger partial charge >= 0.3 is 6.18 Å². The summed E-state index contributed by atoms with van der Waals surface area (Å²) in [6.07, 6.45) is 2.08. The van der Waals surface area contributed by atoms with Crippen LogP contribution in [0.2, 0.25) is 0 Å². The Morgan fingerprint density at radius 1 is 1.25 bits per heavy atom. The molecule has 1 aromatic heterocycles. The number of hydrogen-bond donors (Lipinski definition) is 2. The van der Waals surface area contributed by atoms with Gasteiger partial charge in [0.1, 0.15) is 23.6 Å². The summed E-state index contributed by atoms with van der Waals surface area (Å²) in [6, 6.07) is 4.09. The molecule has 2 heterocycles. The van der Waals surface area contributed by atoms with E-state index in [0.717, 1.165) is 23.2 Å². The van der Waals surface area contributed by atoms with Crippen LogP contribution in [-0.2, 0) is 16.2 Å². The van der Waals surface area contributed by atoms with Crippen LogP contribution >= 0.6 is 0 Å². The highest BCUT2D eigenvalue weighted by Gasteiger charge is 2.33. The number of halogens is 3. The quantitative estimate of drug-likeness (QED) is 0.778. The molecule has 2 aromatic rings. The summed E-state index contributed by atoms with van der Waals surface area (Å²) in [5.74, 6) is -0.134. The maximum Gasteiger partial charge on any atom is 0.416 e. The molecule has 2 N–H and O–H groups in total. The van der Waals surface area contributed by atoms with E-state index in [1.165, 1.54) is 44.1 Å². The van der Waals surface area contributed by atoms with Gasteiger partial charge in [0.2, 0.25) is 0 Å². The summed E-state index contributed by atoms with van der Waals surface area (Å²) in [5, 5.41) is 0.814. The lowest BCUT2D eigenvalue weighted by molar-refractivity contribution is -0.137. The van der Waals surface area contributed by atoms with Crippen molar-refractivity contribution in [3.05, 3.63) is 65.7 Å². The van der Waals surface area contributed by atoms with E-state index in [0.29, 0.717) is 0 Å². The Bertz CT molecular complexity index is 1020. The third kappa shape index (κ3) is 4.01. The van der Waals surface area contributed by atoms with Crippen LogP contribution in [0.3, 0.4) is 0 Å². The molecule has 12 heteroatoms. The number of hydrogen-bond acceptors (Lipinski definition) is 7. The van der Waals surface area contributed by atoms with Crippen molar-refractivity contribution in [2.45, 2.75) is 6.18 Å². The molecule has 0 atom stereocenters. The number of ether oxygens (including phenoxy) is 1. The largest absolute Gasteiger partial charge is 0.494 e. The lowest BCUT2D eigenvalue weighted by Crippen LogP contribution is -2.40. The molecule has 1 aromatic carbocycles. The Kier molecular flexibility index (Phi) is 5.14. The highest BCUT2D eigenvalue weighted by molar-refractivity contribution is 7.96. The molecule has 0 bridgehead atoms. The molecule has 0 fully saturated rings. The monoisotopic (exact) mass is 413 g/mol. The van der Waals surface area contributed by atoms with Crippen molar-refractivity contribution in [3.63, 3.8) is 0 Å². The van der Waals surface area contributed by atoms with Gasteiger partial charge in [-0.25, -0.2) is 15.0 Å². The third-order valence-electron chi connectivity index (χ3n) is 3.60. The number of alkyl halides is 3. The van der Waals surface area contributed by atoms with Crippen molar-refractivity contribution in [1.82, 2.24) is 15.4 Å². The van der Waals surface area contributed by atoms with Crippen LogP contribution in [0.25, 0.3) is 0 Å². The van der Waals surface area contributed by atoms with Gasteiger partial charge in [0.25, 0.3) is 10.0 Å². The van der Waals surface area contributed by atoms with E-state index in [2.05, 4.69) is 20.1 Å². The molecule has 0 spiro atoms. The van der Waals surface area contributed by atoms with Crippen molar-refractivity contribution < 1.29 is 26.3 Å². The molecule has 0 radical (unpaired) electrons. The van der Waals surface area contributed by atoms with E-state index in [9.17, 15) is 21.6 Å². The molecule has 0 saturated carbocycles. The van der Waals surface area contributed by atoms with Crippen molar-refractivity contribution >= 4 is 21.5 Å². The predicted molar refractivity (Wildman–Crippen MR) is 95.4 cm³/mol. The van der Waals surface area contributed by atoms with Gasteiger partial charge in [-0.2, -0.15) is 21.6 Å². The predicted octanol–water partition coefficient (Wildman–Crippen LogP) is 2.63. The van der Waals surface area contributed by atoms with Crippen LogP contribution in [0.15, 0.2) is 60.2 Å². The first kappa shape index (κ1) is 19.5. The molecule has 28 heavy (non-hydrogen) atoms. The van der Waals surface area contributed by atoms with Crippen LogP contribution in [0.4, 0.5) is 24.7 Å². The van der Waals surface area contributed by atoms with Gasteiger partial charge in [0.15, 0.2) is 5.03 Å². The van der Waals surface area contributed by atoms with Crippen molar-refractivity contribution in [1.29, 1.82) is 0 Å². The van der Waals surface area contributed by atoms with E-state index < -0.39 is 21.8 Å². The van der Waals surface area contributed by atoms with Crippen LogP contribution < -0.4 is 19.9 Å². The van der Waals surface area contributed by atoms with E-state index in [1.54, 1.807) is 0 Å². The van der Waals surface area contributed by atoms with Crippen LogP contribution in [-0.4, -0.2) is 25.5 Å². The summed E-state index contributed by atoms with van der Waals surface area (Å²) in [7, 11) is -2.95. The molecule has 1 aliphatic rings. The Hall–Kier alpha value is -3.28. The summed E-state index contributed by atoms with van der Waals surface area (Å²) in [5.41, 5.74) is 1.83. The minimum Gasteiger partial charge on any atom is -0.494 e. The number of methoxy groups -OCH3 is 1. The van der Waals surface area contributed by atoms with Gasteiger partial charge in [0, 0.05) is 12.4 Å². The average Bonchev–Trinajstić information content (AvgIpc) is 2.67. The molecule has 0 saturated heterocycles. The van der Waals surface area contributed by atoms with Gasteiger partial charge < -0.3 is 10.2 Å². The Morgan fingerprint density at radius 2 is 2.04 bits per heavy atom. The van der Waals surface area contributed by atoms with Gasteiger partial charge in [-0.15, -0.1) is 0 Å². The molecular weight excluding hydrogens is 399 g/mol. The standard InChI is InChI=1S/C16H14F3N5O3S/c1-27-13-9-11(16(17,18)19)4-5-12(13)24-15(3-2-7-22-24)28(25,26)23-14-6-8-20-10-21-14/h2-10,22H,1H3,(H,20,21,23). The van der Waals surface area contributed by atoms with Gasteiger partial charge in [0.05, 0.1) is 12.7 Å². The molecule has 0 amide bonds. The number of hydrazine groups is 1. The van der Waals surface area contributed by atoms with Crippen LogP contribution in [0.1, 0.15) is 5.56 Å². The lowest BCUT2D eigenvalue weighted by Gasteiger charge is -2.30. The van der Waals surface area contributed by atoms with Crippen molar-refractivity contribution in [2.75, 3.05) is 16.8 Å². The Labute approximate surface area is 158 Å². The summed E-state index contributed by atoms with van der Waals surface area (Å²) in [6.45, 7) is 0. The molecule has 0 unspecified atom stereocenters. The van der Waals surface area contributed by atoms with Gasteiger partial charge in [-0.05, 0) is 36.4 Å². The first-order valence-electron chi connectivity index (χ1n) is 7.69. The van der Waals surface area contributed by atoms with E-state index in [4.69, 9.17) is 4.74 Å². The lowest BCUT2D eigenvalue weighted by atomic mass is 10.1. The summed E-state index contributed by atoms with van der Waals surface area (Å²) < 4.78 is 71.8. The zero-order chi connectivity index (χ0) is 20.4. The number of sulfonamides is 1. The Balaban J connectivity index is 2.00. The van der Waals surface area contributed by atoms with E-state index in [-0.39, 0.29) is 22.3 Å². The highest BCUT2D eigenvalue weighted by Crippen LogP contribution is 2.38. The SMILES string of the molecule is COc1cc(C(F)(F)F)ccc1N1NC=CC=C1S(=O)(=O)Nc1ccncn1. The molecular formula is C16H14F3N5O3S. The number of anilines is 2. The fourth-order valence-electron chi connectivity index (χ4n) is 2.36. The third-order valence-corrected chi connectivity index (χ3v) is 4.95. The fourth-order valence-corrected chi connectivity index (χ4v) is 3.51. The zero-order valence-electron chi connectivity index (χ0n) is 14.3. The topological polar surface area (TPSA) is 96.5 Å². The number of rotatable bonds is 5. The number of nitrogens with one attached hydrogen (secondary N) is 2. The summed E-state index contributed by atoms with van der Waals surface area (Å²) >= 11 is 0. The van der Waals surface area contributed by atoms with Crippen molar-refractivity contribution in [2.24, 2.45) is 0 Å². The van der Waals surface area contributed by atoms with Gasteiger partial charge in [-0.1, -0.05) is 0 Å². The maximum atomic E-state index is 13.0. The molecule has 0 aliphatic carbocycles. The number of benzene rings is 1. The highest BCUT2D eigenvalue weighted by atomic mass is 32.2. The summed E-state index contributed by atoms with van der Waals surface area (Å²) in [4.78, 5) is 7.49. The number of nitrogens with zero attached hydrogens (tertiary/aromatic N) is 3. The second kappa shape index (κ2) is 7.38. The smallest absolute Gasteiger partial charge is 0.416 e. The first-order valence-corrected chi connectivity index (χ1v) is 9.18. The second-order valence-electron chi connectivity index (χ2n) is 5.41. The molecule has 148 valence electrons. The Morgan fingerprint density at radius 3 is 2.68 bits per heavy atom. The molecule has 1 aliphatic heterocycles. The maximum absolute atomic E-state index is 13.0. The normalized spacial score (nSPS) is 14.3. The zero-order valence-corrected chi connectivity index (χ0v) is 15.1. The first-order chi connectivity index (χ1) is 13.2. The molecule has 3 rings (SSSR count). The van der Waals surface area contributed by atoms with Crippen LogP contribution in [0, 0.1) is 0 Å².